The molecule has 0 saturated heterocycles. The first kappa shape index (κ1) is 12.0. The minimum Gasteiger partial charge on any atom is -0.396 e. The Labute approximate surface area is 110 Å². The molecule has 0 bridgehead atoms. The van der Waals surface area contributed by atoms with E-state index >= 15 is 0 Å². The summed E-state index contributed by atoms with van der Waals surface area (Å²) in [5.41, 5.74) is 3.18. The molecular formula is C17H22O. The second-order valence-electron chi connectivity index (χ2n) is 6.08. The van der Waals surface area contributed by atoms with Crippen LogP contribution in [0.25, 0.3) is 5.57 Å². The van der Waals surface area contributed by atoms with E-state index in [2.05, 4.69) is 43.3 Å². The van der Waals surface area contributed by atoms with E-state index in [1.807, 2.05) is 0 Å². The number of allylic oxidation sites excluding steroid dienone is 2. The SMILES string of the molecule is CC12CCCC(CO)C1CC=C2c1ccccc1. The molecule has 0 spiro atoms. The normalized spacial score (nSPS) is 35.1. The average Bonchev–Trinajstić information content (AvgIpc) is 2.76. The second-order valence-corrected chi connectivity index (χ2v) is 6.08. The van der Waals surface area contributed by atoms with Crippen LogP contribution in [0.3, 0.4) is 0 Å². The molecule has 0 aliphatic heterocycles. The third-order valence-electron chi connectivity index (χ3n) is 5.17. The van der Waals surface area contributed by atoms with Crippen LogP contribution >= 0.6 is 0 Å². The maximum absolute atomic E-state index is 9.59. The lowest BCUT2D eigenvalue weighted by Crippen LogP contribution is -2.36. The van der Waals surface area contributed by atoms with Crippen LogP contribution in [-0.2, 0) is 0 Å². The molecule has 1 aromatic carbocycles. The van der Waals surface area contributed by atoms with Crippen molar-refractivity contribution in [3.8, 4) is 0 Å². The van der Waals surface area contributed by atoms with Gasteiger partial charge in [0.1, 0.15) is 0 Å². The van der Waals surface area contributed by atoms with Crippen LogP contribution < -0.4 is 0 Å². The molecule has 1 nitrogen and oxygen atoms in total. The van der Waals surface area contributed by atoms with Gasteiger partial charge in [0.25, 0.3) is 0 Å². The molecule has 0 radical (unpaired) electrons. The molecule has 1 aromatic rings. The first-order chi connectivity index (χ1) is 8.75. The molecular weight excluding hydrogens is 220 g/mol. The van der Waals surface area contributed by atoms with Crippen molar-refractivity contribution in [3.63, 3.8) is 0 Å². The van der Waals surface area contributed by atoms with Gasteiger partial charge in [0, 0.05) is 6.61 Å². The van der Waals surface area contributed by atoms with Crippen molar-refractivity contribution in [2.45, 2.75) is 32.6 Å². The van der Waals surface area contributed by atoms with E-state index in [1.54, 1.807) is 0 Å². The minimum absolute atomic E-state index is 0.285. The summed E-state index contributed by atoms with van der Waals surface area (Å²) >= 11 is 0. The molecule has 0 heterocycles. The van der Waals surface area contributed by atoms with Gasteiger partial charge in [-0.3, -0.25) is 0 Å². The Morgan fingerprint density at radius 1 is 1.28 bits per heavy atom. The molecule has 3 unspecified atom stereocenters. The summed E-state index contributed by atoms with van der Waals surface area (Å²) in [6.45, 7) is 2.77. The van der Waals surface area contributed by atoms with Gasteiger partial charge in [-0.2, -0.15) is 0 Å². The zero-order valence-electron chi connectivity index (χ0n) is 11.1. The number of aliphatic hydroxyl groups is 1. The molecule has 2 aliphatic rings. The van der Waals surface area contributed by atoms with Gasteiger partial charge in [-0.15, -0.1) is 0 Å². The molecule has 18 heavy (non-hydrogen) atoms. The number of fused-ring (bicyclic) bond motifs is 1. The Kier molecular flexibility index (Phi) is 3.03. The van der Waals surface area contributed by atoms with Crippen molar-refractivity contribution >= 4 is 5.57 Å². The topological polar surface area (TPSA) is 20.2 Å². The van der Waals surface area contributed by atoms with Crippen molar-refractivity contribution in [2.24, 2.45) is 17.3 Å². The molecule has 1 N–H and O–H groups in total. The molecule has 1 fully saturated rings. The Bertz CT molecular complexity index is 448. The van der Waals surface area contributed by atoms with Crippen LogP contribution in [0.1, 0.15) is 38.2 Å². The molecule has 0 amide bonds. The van der Waals surface area contributed by atoms with E-state index in [0.717, 1.165) is 6.42 Å². The van der Waals surface area contributed by atoms with E-state index < -0.39 is 0 Å². The fourth-order valence-corrected chi connectivity index (χ4v) is 4.19. The predicted octanol–water partition coefficient (Wildman–Crippen LogP) is 3.89. The fourth-order valence-electron chi connectivity index (χ4n) is 4.19. The van der Waals surface area contributed by atoms with Gasteiger partial charge >= 0.3 is 0 Å². The highest BCUT2D eigenvalue weighted by molar-refractivity contribution is 5.72. The van der Waals surface area contributed by atoms with Crippen molar-refractivity contribution in [2.75, 3.05) is 6.61 Å². The quantitative estimate of drug-likeness (QED) is 0.834. The Balaban J connectivity index is 1.95. The standard InChI is InChI=1S/C17H22O/c1-17-11-5-8-14(12-18)16(17)10-9-15(17)13-6-3-2-4-7-13/h2-4,6-7,9,14,16,18H,5,8,10-12H2,1H3. The molecule has 96 valence electrons. The van der Waals surface area contributed by atoms with Gasteiger partial charge < -0.3 is 5.11 Å². The van der Waals surface area contributed by atoms with Crippen LogP contribution in [0.5, 0.6) is 0 Å². The van der Waals surface area contributed by atoms with Crippen molar-refractivity contribution < 1.29 is 5.11 Å². The van der Waals surface area contributed by atoms with Crippen molar-refractivity contribution in [3.05, 3.63) is 42.0 Å². The van der Waals surface area contributed by atoms with Gasteiger partial charge in [-0.1, -0.05) is 49.8 Å². The third kappa shape index (κ3) is 1.73. The number of aliphatic hydroxyl groups excluding tert-OH is 1. The fraction of sp³-hybridized carbons (Fsp3) is 0.529. The highest BCUT2D eigenvalue weighted by Gasteiger charge is 2.47. The summed E-state index contributed by atoms with van der Waals surface area (Å²) in [4.78, 5) is 0. The molecule has 3 atom stereocenters. The molecule has 1 saturated carbocycles. The van der Waals surface area contributed by atoms with Gasteiger partial charge in [0.05, 0.1) is 0 Å². The number of hydrogen-bond acceptors (Lipinski definition) is 1. The first-order valence-corrected chi connectivity index (χ1v) is 7.12. The number of rotatable bonds is 2. The second kappa shape index (κ2) is 4.55. The van der Waals surface area contributed by atoms with Gasteiger partial charge in [0.2, 0.25) is 0 Å². The van der Waals surface area contributed by atoms with Gasteiger partial charge in [0.15, 0.2) is 0 Å². The number of benzene rings is 1. The highest BCUT2D eigenvalue weighted by atomic mass is 16.3. The summed E-state index contributed by atoms with van der Waals surface area (Å²) in [5, 5.41) is 9.59. The van der Waals surface area contributed by atoms with Crippen LogP contribution in [0.2, 0.25) is 0 Å². The van der Waals surface area contributed by atoms with Crippen LogP contribution in [-0.4, -0.2) is 11.7 Å². The molecule has 1 heteroatoms. The van der Waals surface area contributed by atoms with Gasteiger partial charge in [-0.05, 0) is 47.6 Å². The van der Waals surface area contributed by atoms with E-state index in [4.69, 9.17) is 0 Å². The lowest BCUT2D eigenvalue weighted by Gasteiger charge is -2.43. The zero-order valence-corrected chi connectivity index (χ0v) is 11.1. The van der Waals surface area contributed by atoms with E-state index in [1.165, 1.54) is 30.4 Å². The van der Waals surface area contributed by atoms with E-state index in [-0.39, 0.29) is 5.41 Å². The van der Waals surface area contributed by atoms with Crippen molar-refractivity contribution in [1.82, 2.24) is 0 Å². The molecule has 2 aliphatic carbocycles. The minimum atomic E-state index is 0.285. The summed E-state index contributed by atoms with van der Waals surface area (Å²) in [7, 11) is 0. The summed E-state index contributed by atoms with van der Waals surface area (Å²) in [6, 6.07) is 10.8. The highest BCUT2D eigenvalue weighted by Crippen LogP contribution is 2.57. The Hall–Kier alpha value is -1.08. The molecule has 0 aromatic heterocycles. The third-order valence-corrected chi connectivity index (χ3v) is 5.17. The first-order valence-electron chi connectivity index (χ1n) is 7.12. The maximum atomic E-state index is 9.59. The summed E-state index contributed by atoms with van der Waals surface area (Å²) < 4.78 is 0. The van der Waals surface area contributed by atoms with E-state index in [0.29, 0.717) is 18.4 Å². The summed E-state index contributed by atoms with van der Waals surface area (Å²) in [5.74, 6) is 1.15. The zero-order chi connectivity index (χ0) is 12.6. The molecule has 3 rings (SSSR count). The number of hydrogen-bond donors (Lipinski definition) is 1. The average molecular weight is 242 g/mol. The smallest absolute Gasteiger partial charge is 0.0462 e. The summed E-state index contributed by atoms with van der Waals surface area (Å²) in [6.07, 6.45) is 7.30. The lowest BCUT2D eigenvalue weighted by molar-refractivity contribution is 0.0724. The van der Waals surface area contributed by atoms with Gasteiger partial charge in [-0.25, -0.2) is 0 Å². The maximum Gasteiger partial charge on any atom is 0.0462 e. The van der Waals surface area contributed by atoms with Crippen LogP contribution in [0, 0.1) is 17.3 Å². The monoisotopic (exact) mass is 242 g/mol. The Morgan fingerprint density at radius 2 is 2.06 bits per heavy atom. The predicted molar refractivity (Wildman–Crippen MR) is 75.1 cm³/mol. The van der Waals surface area contributed by atoms with Crippen LogP contribution in [0.15, 0.2) is 36.4 Å². The Morgan fingerprint density at radius 3 is 2.78 bits per heavy atom. The van der Waals surface area contributed by atoms with Crippen LogP contribution in [0.4, 0.5) is 0 Å². The largest absolute Gasteiger partial charge is 0.396 e. The van der Waals surface area contributed by atoms with Crippen molar-refractivity contribution in [1.29, 1.82) is 0 Å². The van der Waals surface area contributed by atoms with E-state index in [9.17, 15) is 5.11 Å². The lowest BCUT2D eigenvalue weighted by atomic mass is 9.61.